The summed E-state index contributed by atoms with van der Waals surface area (Å²) in [7, 11) is 0. The van der Waals surface area contributed by atoms with E-state index in [9.17, 15) is 9.90 Å². The summed E-state index contributed by atoms with van der Waals surface area (Å²) in [5.74, 6) is -0.764. The van der Waals surface area contributed by atoms with Gasteiger partial charge in [0.2, 0.25) is 0 Å². The van der Waals surface area contributed by atoms with Gasteiger partial charge in [-0.15, -0.1) is 0 Å². The molecule has 1 aromatic rings. The van der Waals surface area contributed by atoms with Gasteiger partial charge in [-0.1, -0.05) is 39.0 Å². The van der Waals surface area contributed by atoms with E-state index >= 15 is 0 Å². The number of benzene rings is 1. The number of carboxylic acids is 1. The summed E-state index contributed by atoms with van der Waals surface area (Å²) in [6.07, 6.45) is 1.55. The Kier molecular flexibility index (Phi) is 5.75. The number of carboxylic acid groups (broad SMARTS) is 1. The van der Waals surface area contributed by atoms with Gasteiger partial charge in [-0.2, -0.15) is 0 Å². The van der Waals surface area contributed by atoms with E-state index in [1.807, 2.05) is 6.07 Å². The Balaban J connectivity index is 2.63. The molecule has 0 bridgehead atoms. The third-order valence-electron chi connectivity index (χ3n) is 3.74. The smallest absolute Gasteiger partial charge is 0.320 e. The maximum Gasteiger partial charge on any atom is 0.320 e. The third kappa shape index (κ3) is 5.33. The van der Waals surface area contributed by atoms with Gasteiger partial charge in [-0.3, -0.25) is 4.79 Å². The van der Waals surface area contributed by atoms with Crippen LogP contribution >= 0.6 is 0 Å². The summed E-state index contributed by atoms with van der Waals surface area (Å²) in [4.78, 5) is 11.3. The zero-order chi connectivity index (χ0) is 15.3. The highest BCUT2D eigenvalue weighted by molar-refractivity contribution is 5.73. The Morgan fingerprint density at radius 3 is 2.50 bits per heavy atom. The highest BCUT2D eigenvalue weighted by Crippen LogP contribution is 2.22. The Bertz CT molecular complexity index is 461. The molecular formula is C17H27NO2. The first-order valence-electron chi connectivity index (χ1n) is 7.22. The van der Waals surface area contributed by atoms with Gasteiger partial charge < -0.3 is 10.4 Å². The summed E-state index contributed by atoms with van der Waals surface area (Å²) in [5, 5.41) is 12.5. The molecule has 1 aromatic carbocycles. The zero-order valence-corrected chi connectivity index (χ0v) is 13.3. The van der Waals surface area contributed by atoms with Gasteiger partial charge in [-0.05, 0) is 48.8 Å². The lowest BCUT2D eigenvalue weighted by Gasteiger charge is -2.22. The molecule has 0 amide bonds. The number of hydrogen-bond acceptors (Lipinski definition) is 2. The van der Waals surface area contributed by atoms with E-state index in [2.05, 4.69) is 52.1 Å². The van der Waals surface area contributed by atoms with Gasteiger partial charge in [0.05, 0.1) is 0 Å². The lowest BCUT2D eigenvalue weighted by molar-refractivity contribution is -0.139. The number of carbonyl (C=O) groups is 1. The molecule has 20 heavy (non-hydrogen) atoms. The van der Waals surface area contributed by atoms with Crippen molar-refractivity contribution in [3.63, 3.8) is 0 Å². The van der Waals surface area contributed by atoms with E-state index in [1.165, 1.54) is 16.7 Å². The minimum Gasteiger partial charge on any atom is -0.480 e. The minimum absolute atomic E-state index is 0.161. The first-order chi connectivity index (χ1) is 9.20. The van der Waals surface area contributed by atoms with Gasteiger partial charge in [0.25, 0.3) is 0 Å². The van der Waals surface area contributed by atoms with Crippen LogP contribution in [0.5, 0.6) is 0 Å². The fourth-order valence-corrected chi connectivity index (χ4v) is 2.13. The fourth-order valence-electron chi connectivity index (χ4n) is 2.13. The van der Waals surface area contributed by atoms with Crippen LogP contribution in [0.3, 0.4) is 0 Å². The molecule has 3 heteroatoms. The van der Waals surface area contributed by atoms with Crippen LogP contribution in [0.4, 0.5) is 0 Å². The Morgan fingerprint density at radius 2 is 1.95 bits per heavy atom. The van der Waals surface area contributed by atoms with Crippen molar-refractivity contribution in [2.45, 2.75) is 60.0 Å². The molecule has 2 N–H and O–H groups in total. The maximum absolute atomic E-state index is 11.3. The lowest BCUT2D eigenvalue weighted by atomic mass is 9.88. The highest BCUT2D eigenvalue weighted by Gasteiger charge is 2.20. The van der Waals surface area contributed by atoms with E-state index in [1.54, 1.807) is 0 Å². The Hall–Kier alpha value is -1.35. The third-order valence-corrected chi connectivity index (χ3v) is 3.74. The van der Waals surface area contributed by atoms with E-state index in [-0.39, 0.29) is 5.41 Å². The second-order valence-electron chi connectivity index (χ2n) is 6.73. The predicted octanol–water partition coefficient (Wildman–Crippen LogP) is 3.67. The zero-order valence-electron chi connectivity index (χ0n) is 13.3. The van der Waals surface area contributed by atoms with E-state index in [4.69, 9.17) is 0 Å². The lowest BCUT2D eigenvalue weighted by Crippen LogP contribution is -2.37. The molecule has 0 saturated carbocycles. The maximum atomic E-state index is 11.3. The van der Waals surface area contributed by atoms with E-state index in [0.717, 1.165) is 6.42 Å². The van der Waals surface area contributed by atoms with Crippen molar-refractivity contribution < 1.29 is 9.90 Å². The SMILES string of the molecule is Cc1cccc(CNC(CCC(C)(C)C)C(=O)O)c1C. The second-order valence-corrected chi connectivity index (χ2v) is 6.73. The van der Waals surface area contributed by atoms with Crippen LogP contribution in [0.2, 0.25) is 0 Å². The van der Waals surface area contributed by atoms with Crippen molar-refractivity contribution in [2.75, 3.05) is 0 Å². The van der Waals surface area contributed by atoms with Crippen molar-refractivity contribution >= 4 is 5.97 Å². The summed E-state index contributed by atoms with van der Waals surface area (Å²) in [6.45, 7) is 11.2. The molecule has 0 aliphatic carbocycles. The summed E-state index contributed by atoms with van der Waals surface area (Å²) in [5.41, 5.74) is 3.81. The van der Waals surface area contributed by atoms with E-state index in [0.29, 0.717) is 13.0 Å². The van der Waals surface area contributed by atoms with Gasteiger partial charge >= 0.3 is 5.97 Å². The number of nitrogens with one attached hydrogen (secondary N) is 1. The molecule has 1 rings (SSSR count). The van der Waals surface area contributed by atoms with Crippen molar-refractivity contribution in [3.05, 3.63) is 34.9 Å². The van der Waals surface area contributed by atoms with Gasteiger partial charge in [0, 0.05) is 6.54 Å². The summed E-state index contributed by atoms with van der Waals surface area (Å²) in [6, 6.07) is 5.67. The summed E-state index contributed by atoms with van der Waals surface area (Å²) < 4.78 is 0. The van der Waals surface area contributed by atoms with Crippen molar-refractivity contribution in [2.24, 2.45) is 5.41 Å². The monoisotopic (exact) mass is 277 g/mol. The normalized spacial score (nSPS) is 13.2. The molecule has 0 aliphatic heterocycles. The minimum atomic E-state index is -0.764. The summed E-state index contributed by atoms with van der Waals surface area (Å²) >= 11 is 0. The quantitative estimate of drug-likeness (QED) is 0.834. The number of rotatable bonds is 6. The average Bonchev–Trinajstić information content (AvgIpc) is 2.32. The number of aryl methyl sites for hydroxylation is 1. The first kappa shape index (κ1) is 16.7. The largest absolute Gasteiger partial charge is 0.480 e. The molecule has 112 valence electrons. The molecule has 0 aromatic heterocycles. The number of aliphatic carboxylic acids is 1. The van der Waals surface area contributed by atoms with Crippen molar-refractivity contribution in [1.29, 1.82) is 0 Å². The molecule has 0 saturated heterocycles. The molecule has 1 unspecified atom stereocenters. The molecule has 3 nitrogen and oxygen atoms in total. The first-order valence-corrected chi connectivity index (χ1v) is 7.22. The van der Waals surface area contributed by atoms with Crippen LogP contribution in [0.1, 0.15) is 50.3 Å². The van der Waals surface area contributed by atoms with Gasteiger partial charge in [0.1, 0.15) is 6.04 Å². The standard InChI is InChI=1S/C17H27NO2/c1-12-7-6-8-14(13(12)2)11-18-15(16(19)20)9-10-17(3,4)5/h6-8,15,18H,9-11H2,1-5H3,(H,19,20). The molecule has 0 radical (unpaired) electrons. The molecule has 0 spiro atoms. The van der Waals surface area contributed by atoms with Crippen LogP contribution < -0.4 is 5.32 Å². The Labute approximate surface area is 122 Å². The molecule has 0 heterocycles. The predicted molar refractivity (Wildman–Crippen MR) is 82.9 cm³/mol. The second kappa shape index (κ2) is 6.89. The molecular weight excluding hydrogens is 250 g/mol. The molecule has 1 atom stereocenters. The van der Waals surface area contributed by atoms with Gasteiger partial charge in [0.15, 0.2) is 0 Å². The van der Waals surface area contributed by atoms with Crippen LogP contribution in [-0.4, -0.2) is 17.1 Å². The van der Waals surface area contributed by atoms with Gasteiger partial charge in [-0.25, -0.2) is 0 Å². The molecule has 0 fully saturated rings. The van der Waals surface area contributed by atoms with Crippen molar-refractivity contribution in [3.8, 4) is 0 Å². The van der Waals surface area contributed by atoms with Crippen LogP contribution in [0, 0.1) is 19.3 Å². The average molecular weight is 277 g/mol. The topological polar surface area (TPSA) is 49.3 Å². The van der Waals surface area contributed by atoms with Crippen LogP contribution in [-0.2, 0) is 11.3 Å². The van der Waals surface area contributed by atoms with E-state index < -0.39 is 12.0 Å². The van der Waals surface area contributed by atoms with Crippen LogP contribution in [0.15, 0.2) is 18.2 Å². The highest BCUT2D eigenvalue weighted by atomic mass is 16.4. The fraction of sp³-hybridized carbons (Fsp3) is 0.588. The Morgan fingerprint density at radius 1 is 1.30 bits per heavy atom. The number of hydrogen-bond donors (Lipinski definition) is 2. The van der Waals surface area contributed by atoms with Crippen molar-refractivity contribution in [1.82, 2.24) is 5.32 Å². The molecule has 0 aliphatic rings. The van der Waals surface area contributed by atoms with Crippen LogP contribution in [0.25, 0.3) is 0 Å².